The first kappa shape index (κ1) is 12.8. The van der Waals surface area contributed by atoms with Crippen LogP contribution in [0.5, 0.6) is 5.75 Å². The first-order valence-corrected chi connectivity index (χ1v) is 5.82. The van der Waals surface area contributed by atoms with Crippen molar-refractivity contribution in [1.29, 1.82) is 0 Å². The molecule has 2 heteroatoms. The van der Waals surface area contributed by atoms with Gasteiger partial charge in [-0.3, -0.25) is 0 Å². The zero-order valence-corrected chi connectivity index (χ0v) is 10.2. The second-order valence-corrected chi connectivity index (χ2v) is 3.71. The highest BCUT2D eigenvalue weighted by Gasteiger charge is 2.07. The average molecular weight is 219 g/mol. The average Bonchev–Trinajstić information content (AvgIpc) is 2.32. The lowest BCUT2D eigenvalue weighted by Crippen LogP contribution is -2.15. The van der Waals surface area contributed by atoms with Crippen LogP contribution in [0.4, 0.5) is 0 Å². The van der Waals surface area contributed by atoms with Gasteiger partial charge in [-0.05, 0) is 44.5 Å². The normalized spacial score (nSPS) is 12.1. The van der Waals surface area contributed by atoms with Crippen LogP contribution in [0, 0.1) is 0 Å². The molecular formula is C14H21NO. The number of ether oxygens (including phenoxy) is 1. The molecule has 16 heavy (non-hydrogen) atoms. The van der Waals surface area contributed by atoms with Gasteiger partial charge in [0.1, 0.15) is 5.75 Å². The van der Waals surface area contributed by atoms with Crippen LogP contribution in [0.25, 0.3) is 0 Å². The molecule has 0 saturated heterocycles. The third-order valence-electron chi connectivity index (χ3n) is 2.60. The van der Waals surface area contributed by atoms with Gasteiger partial charge in [-0.1, -0.05) is 18.2 Å². The molecular weight excluding hydrogens is 198 g/mol. The Morgan fingerprint density at radius 2 is 2.06 bits per heavy atom. The third kappa shape index (κ3) is 3.70. The van der Waals surface area contributed by atoms with E-state index < -0.39 is 0 Å². The maximum absolute atomic E-state index is 5.42. The van der Waals surface area contributed by atoms with Crippen molar-refractivity contribution in [2.45, 2.75) is 25.8 Å². The Morgan fingerprint density at radius 1 is 1.38 bits per heavy atom. The minimum Gasteiger partial charge on any atom is -0.494 e. The second-order valence-electron chi connectivity index (χ2n) is 3.71. The minimum atomic E-state index is 0.397. The van der Waals surface area contributed by atoms with E-state index in [4.69, 9.17) is 4.74 Å². The molecule has 0 bridgehead atoms. The number of nitrogens with one attached hydrogen (secondary N) is 1. The van der Waals surface area contributed by atoms with E-state index in [2.05, 4.69) is 24.0 Å². The van der Waals surface area contributed by atoms with Gasteiger partial charge in [-0.15, -0.1) is 6.58 Å². The lowest BCUT2D eigenvalue weighted by Gasteiger charge is -2.16. The maximum atomic E-state index is 5.42. The lowest BCUT2D eigenvalue weighted by atomic mass is 10.0. The molecule has 0 spiro atoms. The van der Waals surface area contributed by atoms with Crippen molar-refractivity contribution < 1.29 is 4.74 Å². The fraction of sp³-hybridized carbons (Fsp3) is 0.429. The molecule has 88 valence electrons. The Hall–Kier alpha value is -1.28. The SMILES string of the molecule is C=CCCC(NC)c1ccc(OCC)cc1. The zero-order chi connectivity index (χ0) is 11.8. The van der Waals surface area contributed by atoms with E-state index in [1.807, 2.05) is 32.2 Å². The number of hydrogen-bond donors (Lipinski definition) is 1. The number of hydrogen-bond acceptors (Lipinski definition) is 2. The van der Waals surface area contributed by atoms with Gasteiger partial charge in [0.2, 0.25) is 0 Å². The summed E-state index contributed by atoms with van der Waals surface area (Å²) in [5, 5.41) is 3.32. The molecule has 0 amide bonds. The van der Waals surface area contributed by atoms with Crippen molar-refractivity contribution in [3.8, 4) is 5.75 Å². The van der Waals surface area contributed by atoms with Gasteiger partial charge in [0.05, 0.1) is 6.61 Å². The van der Waals surface area contributed by atoms with Crippen molar-refractivity contribution in [3.05, 3.63) is 42.5 Å². The third-order valence-corrected chi connectivity index (χ3v) is 2.60. The van der Waals surface area contributed by atoms with Crippen molar-refractivity contribution in [2.75, 3.05) is 13.7 Å². The molecule has 2 nitrogen and oxygen atoms in total. The highest BCUT2D eigenvalue weighted by Crippen LogP contribution is 2.21. The quantitative estimate of drug-likeness (QED) is 0.710. The van der Waals surface area contributed by atoms with Crippen LogP contribution in [0.15, 0.2) is 36.9 Å². The maximum Gasteiger partial charge on any atom is 0.119 e. The van der Waals surface area contributed by atoms with Crippen LogP contribution in [0.1, 0.15) is 31.4 Å². The zero-order valence-electron chi connectivity index (χ0n) is 10.2. The van der Waals surface area contributed by atoms with Gasteiger partial charge >= 0.3 is 0 Å². The minimum absolute atomic E-state index is 0.397. The van der Waals surface area contributed by atoms with Gasteiger partial charge < -0.3 is 10.1 Å². The fourth-order valence-electron chi connectivity index (χ4n) is 1.73. The lowest BCUT2D eigenvalue weighted by molar-refractivity contribution is 0.340. The molecule has 0 aliphatic heterocycles. The Morgan fingerprint density at radius 3 is 2.56 bits per heavy atom. The van der Waals surface area contributed by atoms with Crippen LogP contribution in [0.3, 0.4) is 0 Å². The summed E-state index contributed by atoms with van der Waals surface area (Å²) < 4.78 is 5.42. The molecule has 1 aromatic carbocycles. The summed E-state index contributed by atoms with van der Waals surface area (Å²) in [6.45, 7) is 6.46. The summed E-state index contributed by atoms with van der Waals surface area (Å²) >= 11 is 0. The van der Waals surface area contributed by atoms with Gasteiger partial charge in [0, 0.05) is 6.04 Å². The summed E-state index contributed by atoms with van der Waals surface area (Å²) in [4.78, 5) is 0. The van der Waals surface area contributed by atoms with E-state index in [1.54, 1.807) is 0 Å². The summed E-state index contributed by atoms with van der Waals surface area (Å²) in [6, 6.07) is 8.69. The predicted octanol–water partition coefficient (Wildman–Crippen LogP) is 3.31. The summed E-state index contributed by atoms with van der Waals surface area (Å²) in [7, 11) is 1.99. The Balaban J connectivity index is 2.66. The van der Waals surface area contributed by atoms with Gasteiger partial charge in [0.25, 0.3) is 0 Å². The van der Waals surface area contributed by atoms with E-state index >= 15 is 0 Å². The van der Waals surface area contributed by atoms with Crippen LogP contribution >= 0.6 is 0 Å². The van der Waals surface area contributed by atoms with E-state index in [1.165, 1.54) is 5.56 Å². The van der Waals surface area contributed by atoms with Crippen LogP contribution in [-0.4, -0.2) is 13.7 Å². The molecule has 0 aromatic heterocycles. The smallest absolute Gasteiger partial charge is 0.119 e. The van der Waals surface area contributed by atoms with E-state index in [0.29, 0.717) is 12.6 Å². The summed E-state index contributed by atoms with van der Waals surface area (Å²) in [6.07, 6.45) is 4.06. The van der Waals surface area contributed by atoms with Gasteiger partial charge in [-0.25, -0.2) is 0 Å². The standard InChI is InChI=1S/C14H21NO/c1-4-6-7-14(15-3)12-8-10-13(11-9-12)16-5-2/h4,8-11,14-15H,1,5-7H2,2-3H3. The Kier molecular flexibility index (Phi) is 5.65. The summed E-state index contributed by atoms with van der Waals surface area (Å²) in [5.41, 5.74) is 1.30. The van der Waals surface area contributed by atoms with Crippen LogP contribution in [0.2, 0.25) is 0 Å². The Labute approximate surface area is 98.3 Å². The highest BCUT2D eigenvalue weighted by molar-refractivity contribution is 5.29. The topological polar surface area (TPSA) is 21.3 Å². The fourth-order valence-corrected chi connectivity index (χ4v) is 1.73. The molecule has 1 atom stereocenters. The summed E-state index contributed by atoms with van der Waals surface area (Å²) in [5.74, 6) is 0.935. The largest absolute Gasteiger partial charge is 0.494 e. The van der Waals surface area contributed by atoms with Crippen LogP contribution in [-0.2, 0) is 0 Å². The van der Waals surface area contributed by atoms with Crippen molar-refractivity contribution in [3.63, 3.8) is 0 Å². The van der Waals surface area contributed by atoms with E-state index in [9.17, 15) is 0 Å². The monoisotopic (exact) mass is 219 g/mol. The first-order valence-electron chi connectivity index (χ1n) is 5.82. The van der Waals surface area contributed by atoms with Crippen molar-refractivity contribution >= 4 is 0 Å². The molecule has 0 saturated carbocycles. The molecule has 0 heterocycles. The molecule has 1 N–H and O–H groups in total. The van der Waals surface area contributed by atoms with Gasteiger partial charge in [0.15, 0.2) is 0 Å². The molecule has 0 radical (unpaired) electrons. The highest BCUT2D eigenvalue weighted by atomic mass is 16.5. The molecule has 0 aliphatic carbocycles. The number of benzene rings is 1. The van der Waals surface area contributed by atoms with E-state index in [0.717, 1.165) is 18.6 Å². The molecule has 0 fully saturated rings. The molecule has 1 unspecified atom stereocenters. The van der Waals surface area contributed by atoms with Crippen molar-refractivity contribution in [1.82, 2.24) is 5.32 Å². The number of allylic oxidation sites excluding steroid dienone is 1. The number of rotatable bonds is 7. The Bertz CT molecular complexity index is 305. The molecule has 0 aliphatic rings. The van der Waals surface area contributed by atoms with Crippen LogP contribution < -0.4 is 10.1 Å². The first-order chi connectivity index (χ1) is 7.81. The molecule has 1 aromatic rings. The van der Waals surface area contributed by atoms with E-state index in [-0.39, 0.29) is 0 Å². The predicted molar refractivity (Wildman–Crippen MR) is 68.8 cm³/mol. The molecule has 1 rings (SSSR count). The van der Waals surface area contributed by atoms with Crippen molar-refractivity contribution in [2.24, 2.45) is 0 Å². The van der Waals surface area contributed by atoms with Gasteiger partial charge in [-0.2, -0.15) is 0 Å². The second kappa shape index (κ2) is 7.07.